The summed E-state index contributed by atoms with van der Waals surface area (Å²) in [5, 5.41) is 0. The summed E-state index contributed by atoms with van der Waals surface area (Å²) in [6.45, 7) is 4.27. The number of hydrogen-bond acceptors (Lipinski definition) is 3. The van der Waals surface area contributed by atoms with Crippen molar-refractivity contribution in [3.63, 3.8) is 0 Å². The summed E-state index contributed by atoms with van der Waals surface area (Å²) in [6.07, 6.45) is 6.87. The molecule has 2 rings (SSSR count). The van der Waals surface area contributed by atoms with Crippen LogP contribution in [0.4, 0.5) is 0 Å². The molecule has 1 heterocycles. The molecule has 0 radical (unpaired) electrons. The molecule has 94 valence electrons. The average Bonchev–Trinajstić information content (AvgIpc) is 2.32. The van der Waals surface area contributed by atoms with Crippen molar-refractivity contribution in [3.05, 3.63) is 23.9 Å². The van der Waals surface area contributed by atoms with E-state index in [9.17, 15) is 0 Å². The zero-order chi connectivity index (χ0) is 12.3. The van der Waals surface area contributed by atoms with Crippen LogP contribution in [0.1, 0.15) is 51.1 Å². The van der Waals surface area contributed by atoms with Gasteiger partial charge in [0.1, 0.15) is 6.10 Å². The maximum absolute atomic E-state index is 6.00. The number of nitrogens with zero attached hydrogens (tertiary/aromatic N) is 1. The second-order valence-electron chi connectivity index (χ2n) is 5.19. The lowest BCUT2D eigenvalue weighted by Crippen LogP contribution is -2.24. The fraction of sp³-hybridized carbons (Fsp3) is 0.643. The summed E-state index contributed by atoms with van der Waals surface area (Å²) in [7, 11) is 0. The summed E-state index contributed by atoms with van der Waals surface area (Å²) < 4.78 is 6.00. The van der Waals surface area contributed by atoms with Gasteiger partial charge in [-0.25, -0.2) is 4.98 Å². The van der Waals surface area contributed by atoms with Crippen LogP contribution < -0.4 is 10.5 Å². The molecule has 0 saturated heterocycles. The third kappa shape index (κ3) is 3.19. The molecule has 1 fully saturated rings. The van der Waals surface area contributed by atoms with E-state index >= 15 is 0 Å². The molecule has 1 aliphatic rings. The molecule has 1 saturated carbocycles. The molecule has 3 heteroatoms. The maximum Gasteiger partial charge on any atom is 0.218 e. The third-order valence-corrected chi connectivity index (χ3v) is 3.53. The first-order chi connectivity index (χ1) is 8.16. The number of hydrogen-bond donors (Lipinski definition) is 1. The van der Waals surface area contributed by atoms with Crippen molar-refractivity contribution in [2.24, 2.45) is 11.7 Å². The second-order valence-corrected chi connectivity index (χ2v) is 5.19. The highest BCUT2D eigenvalue weighted by atomic mass is 16.5. The number of ether oxygens (including phenoxy) is 1. The van der Waals surface area contributed by atoms with Crippen LogP contribution >= 0.6 is 0 Å². The average molecular weight is 234 g/mol. The number of pyridine rings is 1. The fourth-order valence-electron chi connectivity index (χ4n) is 2.35. The molecule has 1 aromatic rings. The van der Waals surface area contributed by atoms with Crippen LogP contribution in [0.15, 0.2) is 18.3 Å². The molecule has 0 aromatic carbocycles. The Morgan fingerprint density at radius 2 is 2.06 bits per heavy atom. The SMILES string of the molecule is CC1CCC(Oc2ncccc2[C@H](C)N)CC1. The van der Waals surface area contributed by atoms with Crippen molar-refractivity contribution in [2.75, 3.05) is 0 Å². The third-order valence-electron chi connectivity index (χ3n) is 3.53. The van der Waals surface area contributed by atoms with E-state index in [1.165, 1.54) is 12.8 Å². The molecule has 1 atom stereocenters. The molecule has 1 aromatic heterocycles. The van der Waals surface area contributed by atoms with Crippen LogP contribution in [-0.4, -0.2) is 11.1 Å². The Morgan fingerprint density at radius 1 is 1.35 bits per heavy atom. The standard InChI is InChI=1S/C14H22N2O/c1-10-5-7-12(8-6-10)17-14-13(11(2)15)4-3-9-16-14/h3-4,9-12H,5-8,15H2,1-2H3/t10?,11-,12?/m0/s1. The van der Waals surface area contributed by atoms with Gasteiger partial charge in [0.05, 0.1) is 0 Å². The topological polar surface area (TPSA) is 48.1 Å². The van der Waals surface area contributed by atoms with Gasteiger partial charge >= 0.3 is 0 Å². The Labute approximate surface area is 103 Å². The van der Waals surface area contributed by atoms with Crippen molar-refractivity contribution in [3.8, 4) is 5.88 Å². The Hall–Kier alpha value is -1.09. The minimum absolute atomic E-state index is 0.0267. The van der Waals surface area contributed by atoms with Crippen LogP contribution in [0.3, 0.4) is 0 Å². The normalized spacial score (nSPS) is 26.5. The van der Waals surface area contributed by atoms with E-state index in [0.717, 1.165) is 30.2 Å². The summed E-state index contributed by atoms with van der Waals surface area (Å²) in [6, 6.07) is 3.88. The van der Waals surface area contributed by atoms with E-state index in [1.807, 2.05) is 19.1 Å². The lowest BCUT2D eigenvalue weighted by molar-refractivity contribution is 0.128. The zero-order valence-electron chi connectivity index (χ0n) is 10.7. The number of nitrogens with two attached hydrogens (primary N) is 1. The van der Waals surface area contributed by atoms with Crippen LogP contribution in [0, 0.1) is 5.92 Å². The lowest BCUT2D eigenvalue weighted by atomic mass is 9.89. The Bertz CT molecular complexity index is 357. The highest BCUT2D eigenvalue weighted by Gasteiger charge is 2.21. The Morgan fingerprint density at radius 3 is 2.71 bits per heavy atom. The van der Waals surface area contributed by atoms with E-state index < -0.39 is 0 Å². The molecule has 0 aliphatic heterocycles. The van der Waals surface area contributed by atoms with Crippen molar-refractivity contribution in [1.29, 1.82) is 0 Å². The summed E-state index contributed by atoms with van der Waals surface area (Å²) in [5.74, 6) is 1.56. The predicted molar refractivity (Wildman–Crippen MR) is 68.9 cm³/mol. The van der Waals surface area contributed by atoms with E-state index in [4.69, 9.17) is 10.5 Å². The molecule has 17 heavy (non-hydrogen) atoms. The molecule has 0 unspecified atom stereocenters. The molecule has 0 spiro atoms. The van der Waals surface area contributed by atoms with Crippen molar-refractivity contribution in [1.82, 2.24) is 4.98 Å². The highest BCUT2D eigenvalue weighted by molar-refractivity contribution is 5.28. The summed E-state index contributed by atoms with van der Waals surface area (Å²) >= 11 is 0. The molecule has 3 nitrogen and oxygen atoms in total. The largest absolute Gasteiger partial charge is 0.474 e. The van der Waals surface area contributed by atoms with Gasteiger partial charge in [0.2, 0.25) is 5.88 Å². The molecule has 2 N–H and O–H groups in total. The van der Waals surface area contributed by atoms with Gasteiger partial charge in [0, 0.05) is 17.8 Å². The van der Waals surface area contributed by atoms with Crippen LogP contribution in [0.5, 0.6) is 5.88 Å². The minimum Gasteiger partial charge on any atom is -0.474 e. The quantitative estimate of drug-likeness (QED) is 0.874. The van der Waals surface area contributed by atoms with Gasteiger partial charge in [-0.2, -0.15) is 0 Å². The maximum atomic E-state index is 6.00. The van der Waals surface area contributed by atoms with Crippen molar-refractivity contribution >= 4 is 0 Å². The molecular formula is C14H22N2O. The number of rotatable bonds is 3. The molecule has 1 aliphatic carbocycles. The molecule has 0 amide bonds. The monoisotopic (exact) mass is 234 g/mol. The smallest absolute Gasteiger partial charge is 0.218 e. The summed E-state index contributed by atoms with van der Waals surface area (Å²) in [4.78, 5) is 4.31. The fourth-order valence-corrected chi connectivity index (χ4v) is 2.35. The van der Waals surface area contributed by atoms with Gasteiger partial charge in [-0.15, -0.1) is 0 Å². The lowest BCUT2D eigenvalue weighted by Gasteiger charge is -2.27. The van der Waals surface area contributed by atoms with E-state index in [0.29, 0.717) is 6.10 Å². The molecule has 0 bridgehead atoms. The zero-order valence-corrected chi connectivity index (χ0v) is 10.7. The van der Waals surface area contributed by atoms with Gasteiger partial charge in [-0.1, -0.05) is 13.0 Å². The Kier molecular flexibility index (Phi) is 4.00. The highest BCUT2D eigenvalue weighted by Crippen LogP contribution is 2.29. The first-order valence-electron chi connectivity index (χ1n) is 6.54. The summed E-state index contributed by atoms with van der Waals surface area (Å²) in [5.41, 5.74) is 6.93. The van der Waals surface area contributed by atoms with Gasteiger partial charge in [-0.05, 0) is 44.6 Å². The first kappa shape index (κ1) is 12.4. The van der Waals surface area contributed by atoms with Gasteiger partial charge in [0.25, 0.3) is 0 Å². The second kappa shape index (κ2) is 5.50. The van der Waals surface area contributed by atoms with Crippen LogP contribution in [0.25, 0.3) is 0 Å². The Balaban J connectivity index is 2.03. The van der Waals surface area contributed by atoms with E-state index in [2.05, 4.69) is 11.9 Å². The van der Waals surface area contributed by atoms with Crippen molar-refractivity contribution in [2.45, 2.75) is 51.7 Å². The van der Waals surface area contributed by atoms with Crippen molar-refractivity contribution < 1.29 is 4.74 Å². The van der Waals surface area contributed by atoms with Gasteiger partial charge in [-0.3, -0.25) is 0 Å². The predicted octanol–water partition coefficient (Wildman–Crippen LogP) is 3.06. The molecular weight excluding hydrogens is 212 g/mol. The van der Waals surface area contributed by atoms with Gasteiger partial charge < -0.3 is 10.5 Å². The van der Waals surface area contributed by atoms with E-state index in [-0.39, 0.29) is 6.04 Å². The number of aromatic nitrogens is 1. The minimum atomic E-state index is -0.0267. The first-order valence-corrected chi connectivity index (χ1v) is 6.54. The van der Waals surface area contributed by atoms with Gasteiger partial charge in [0.15, 0.2) is 0 Å². The van der Waals surface area contributed by atoms with E-state index in [1.54, 1.807) is 6.20 Å². The van der Waals surface area contributed by atoms with Crippen LogP contribution in [-0.2, 0) is 0 Å². The van der Waals surface area contributed by atoms with Crippen LogP contribution in [0.2, 0.25) is 0 Å².